The van der Waals surface area contributed by atoms with Gasteiger partial charge in [0.2, 0.25) is 16.0 Å². The first-order valence-electron chi connectivity index (χ1n) is 12.1. The third kappa shape index (κ3) is 6.39. The molecule has 0 aliphatic rings. The minimum absolute atomic E-state index is 0.177. The zero-order valence-electron chi connectivity index (χ0n) is 21.5. The first-order chi connectivity index (χ1) is 18.3. The molecule has 4 rings (SSSR count). The van der Waals surface area contributed by atoms with E-state index < -0.39 is 10.0 Å². The van der Waals surface area contributed by atoms with E-state index in [1.807, 2.05) is 18.2 Å². The lowest BCUT2D eigenvalue weighted by Gasteiger charge is -2.23. The summed E-state index contributed by atoms with van der Waals surface area (Å²) in [5.74, 6) is 0.206. The Hall–Kier alpha value is -4.16. The fraction of sp³-hybridized carbons (Fsp3) is 0.269. The van der Waals surface area contributed by atoms with E-state index in [9.17, 15) is 13.2 Å². The van der Waals surface area contributed by atoms with Crippen LogP contribution in [-0.4, -0.2) is 62.3 Å². The first-order valence-corrected chi connectivity index (χ1v) is 13.9. The predicted octanol–water partition coefficient (Wildman–Crippen LogP) is 3.48. The molecule has 0 unspecified atom stereocenters. The fourth-order valence-corrected chi connectivity index (χ4v) is 4.99. The summed E-state index contributed by atoms with van der Waals surface area (Å²) in [6, 6.07) is 16.2. The molecule has 12 heteroatoms. The van der Waals surface area contributed by atoms with E-state index in [1.165, 1.54) is 10.6 Å². The average molecular weight is 538 g/mol. The number of sulfonamides is 1. The zero-order valence-corrected chi connectivity index (χ0v) is 22.3. The molecule has 2 aromatic carbocycles. The number of aromatic nitrogens is 3. The lowest BCUT2D eigenvalue weighted by molar-refractivity contribution is 0.0937. The molecule has 1 amide bonds. The maximum absolute atomic E-state index is 12.3. The Balaban J connectivity index is 1.53. The van der Waals surface area contributed by atoms with E-state index in [2.05, 4.69) is 25.9 Å². The molecular weight excluding hydrogens is 506 g/mol. The van der Waals surface area contributed by atoms with Gasteiger partial charge >= 0.3 is 0 Å². The van der Waals surface area contributed by atoms with Gasteiger partial charge in [-0.2, -0.15) is 4.98 Å². The Morgan fingerprint density at radius 3 is 2.55 bits per heavy atom. The van der Waals surface area contributed by atoms with Gasteiger partial charge in [0.15, 0.2) is 0 Å². The van der Waals surface area contributed by atoms with Crippen molar-refractivity contribution < 1.29 is 17.9 Å². The number of methoxy groups -OCH3 is 1. The molecule has 200 valence electrons. The molecule has 0 fully saturated rings. The van der Waals surface area contributed by atoms with E-state index in [0.29, 0.717) is 54.8 Å². The van der Waals surface area contributed by atoms with E-state index in [0.717, 1.165) is 16.8 Å². The number of rotatable bonds is 12. The molecule has 0 spiro atoms. The molecule has 38 heavy (non-hydrogen) atoms. The van der Waals surface area contributed by atoms with E-state index >= 15 is 0 Å². The number of anilines is 4. The molecule has 0 saturated heterocycles. The summed E-state index contributed by atoms with van der Waals surface area (Å²) >= 11 is 0. The normalized spacial score (nSPS) is 11.3. The van der Waals surface area contributed by atoms with Gasteiger partial charge in [-0.05, 0) is 49.4 Å². The van der Waals surface area contributed by atoms with Crippen molar-refractivity contribution in [2.75, 3.05) is 48.0 Å². The third-order valence-corrected chi connectivity index (χ3v) is 7.05. The molecule has 0 atom stereocenters. The maximum atomic E-state index is 12.3. The van der Waals surface area contributed by atoms with Crippen LogP contribution in [0.5, 0.6) is 0 Å². The van der Waals surface area contributed by atoms with Crippen LogP contribution in [0.25, 0.3) is 11.0 Å². The molecule has 0 bridgehead atoms. The minimum atomic E-state index is -3.43. The van der Waals surface area contributed by atoms with Gasteiger partial charge in [-0.25, -0.2) is 13.4 Å². The number of para-hydroxylation sites is 2. The van der Waals surface area contributed by atoms with Crippen LogP contribution in [0.1, 0.15) is 23.0 Å². The van der Waals surface area contributed by atoms with Gasteiger partial charge in [-0.1, -0.05) is 12.1 Å². The summed E-state index contributed by atoms with van der Waals surface area (Å²) in [7, 11) is -1.85. The lowest BCUT2D eigenvalue weighted by atomic mass is 10.2. The largest absolute Gasteiger partial charge is 0.383 e. The van der Waals surface area contributed by atoms with Crippen molar-refractivity contribution in [2.24, 2.45) is 0 Å². The van der Waals surface area contributed by atoms with Gasteiger partial charge in [0.25, 0.3) is 5.91 Å². The SMILES string of the molecule is CCN(c1ccccc1NCc1nc(Nc2ccc(C(=O)NCCOC)cc2)nc2[nH]ccc12)S(C)(=O)=O. The molecule has 4 N–H and O–H groups in total. The zero-order chi connectivity index (χ0) is 27.1. The van der Waals surface area contributed by atoms with Crippen molar-refractivity contribution in [3.63, 3.8) is 0 Å². The monoisotopic (exact) mass is 537 g/mol. The van der Waals surface area contributed by atoms with Gasteiger partial charge in [-0.3, -0.25) is 9.10 Å². The Bertz CT molecular complexity index is 1500. The maximum Gasteiger partial charge on any atom is 0.251 e. The number of fused-ring (bicyclic) bond motifs is 1. The van der Waals surface area contributed by atoms with Crippen LogP contribution in [0.2, 0.25) is 0 Å². The fourth-order valence-electron chi connectivity index (χ4n) is 4.00. The molecule has 11 nitrogen and oxygen atoms in total. The number of ether oxygens (including phenoxy) is 1. The second-order valence-electron chi connectivity index (χ2n) is 8.48. The number of hydrogen-bond donors (Lipinski definition) is 4. The smallest absolute Gasteiger partial charge is 0.251 e. The standard InChI is InChI=1S/C26H31N7O4S/c1-4-33(38(3,35)36)23-8-6-5-7-21(23)29-17-22-20-13-14-27-24(20)32-26(31-22)30-19-11-9-18(10-12-19)25(34)28-15-16-37-2/h5-14,29H,4,15-17H2,1-3H3,(H,28,34)(H2,27,30,31,32). The molecule has 0 saturated carbocycles. The number of nitrogens with one attached hydrogen (secondary N) is 4. The van der Waals surface area contributed by atoms with Crippen molar-refractivity contribution >= 4 is 50.0 Å². The Morgan fingerprint density at radius 1 is 1.08 bits per heavy atom. The number of carbonyl (C=O) groups excluding carboxylic acids is 1. The van der Waals surface area contributed by atoms with Crippen LogP contribution in [0, 0.1) is 0 Å². The van der Waals surface area contributed by atoms with E-state index in [4.69, 9.17) is 9.72 Å². The van der Waals surface area contributed by atoms with Crippen LogP contribution in [0.3, 0.4) is 0 Å². The van der Waals surface area contributed by atoms with Crippen LogP contribution < -0.4 is 20.3 Å². The molecule has 0 radical (unpaired) electrons. The highest BCUT2D eigenvalue weighted by molar-refractivity contribution is 7.92. The summed E-state index contributed by atoms with van der Waals surface area (Å²) in [6.07, 6.45) is 2.99. The second kappa shape index (κ2) is 11.9. The van der Waals surface area contributed by atoms with E-state index in [-0.39, 0.29) is 5.91 Å². The number of carbonyl (C=O) groups is 1. The van der Waals surface area contributed by atoms with Gasteiger partial charge < -0.3 is 25.7 Å². The predicted molar refractivity (Wildman–Crippen MR) is 149 cm³/mol. The highest BCUT2D eigenvalue weighted by atomic mass is 32.2. The number of benzene rings is 2. The van der Waals surface area contributed by atoms with Crippen molar-refractivity contribution in [1.82, 2.24) is 20.3 Å². The van der Waals surface area contributed by atoms with Crippen molar-refractivity contribution in [3.8, 4) is 0 Å². The summed E-state index contributed by atoms with van der Waals surface area (Å²) in [5.41, 5.74) is 3.89. The summed E-state index contributed by atoms with van der Waals surface area (Å²) < 4.78 is 30.9. The minimum Gasteiger partial charge on any atom is -0.383 e. The van der Waals surface area contributed by atoms with Crippen molar-refractivity contribution in [2.45, 2.75) is 13.5 Å². The van der Waals surface area contributed by atoms with Crippen LogP contribution >= 0.6 is 0 Å². The number of H-pyrrole nitrogens is 1. The summed E-state index contributed by atoms with van der Waals surface area (Å²) in [5, 5.41) is 10.2. The number of amides is 1. The molecule has 0 aliphatic heterocycles. The van der Waals surface area contributed by atoms with Gasteiger partial charge in [0, 0.05) is 43.0 Å². The van der Waals surface area contributed by atoms with E-state index in [1.54, 1.807) is 56.6 Å². The summed E-state index contributed by atoms with van der Waals surface area (Å²) in [4.78, 5) is 24.6. The molecule has 4 aromatic rings. The van der Waals surface area contributed by atoms with Crippen molar-refractivity contribution in [1.29, 1.82) is 0 Å². The Kier molecular flexibility index (Phi) is 8.44. The van der Waals surface area contributed by atoms with Gasteiger partial charge in [0.05, 0.1) is 36.5 Å². The third-order valence-electron chi connectivity index (χ3n) is 5.80. The van der Waals surface area contributed by atoms with Gasteiger partial charge in [0.1, 0.15) is 5.65 Å². The first kappa shape index (κ1) is 26.9. The quantitative estimate of drug-likeness (QED) is 0.201. The van der Waals surface area contributed by atoms with Crippen molar-refractivity contribution in [3.05, 3.63) is 72.1 Å². The van der Waals surface area contributed by atoms with Crippen LogP contribution in [-0.2, 0) is 21.3 Å². The highest BCUT2D eigenvalue weighted by Gasteiger charge is 2.19. The number of nitrogens with zero attached hydrogens (tertiary/aromatic N) is 3. The Labute approximate surface area is 221 Å². The van der Waals surface area contributed by atoms with Crippen LogP contribution in [0.15, 0.2) is 60.8 Å². The molecular formula is C26H31N7O4S. The Morgan fingerprint density at radius 2 is 1.84 bits per heavy atom. The molecule has 2 aromatic heterocycles. The molecule has 0 aliphatic carbocycles. The topological polar surface area (TPSA) is 141 Å². The highest BCUT2D eigenvalue weighted by Crippen LogP contribution is 2.28. The molecule has 2 heterocycles. The lowest BCUT2D eigenvalue weighted by Crippen LogP contribution is -2.30. The number of hydrogen-bond acceptors (Lipinski definition) is 8. The number of aromatic amines is 1. The second-order valence-corrected chi connectivity index (χ2v) is 10.4. The van der Waals surface area contributed by atoms with Gasteiger partial charge in [-0.15, -0.1) is 0 Å². The summed E-state index contributed by atoms with van der Waals surface area (Å²) in [6.45, 7) is 3.33. The van der Waals surface area contributed by atoms with Crippen LogP contribution in [0.4, 0.5) is 23.0 Å². The average Bonchev–Trinajstić information content (AvgIpc) is 3.37.